The standard InChI is InChI=1S/C38H39N3O7S/c1-5-6-21-48-38(45)27-15-18-29(19-16-27)39-35(42)25(2)49-32-14-10-13-30(23-32)40-37(44)33(41-36(43)26-11-8-7-9-12-26)22-28-17-20-31(46-3)24-34(28)47-4/h7-20,22-25H,5-6,21H2,1-4H3,(H,39,42)(H,40,44)(H,41,43)/b33-22+. The Hall–Kier alpha value is -5.55. The SMILES string of the molecule is CCCCOC(=O)c1ccc(NC(=O)C(C)Sc2cccc(NC(=O)/C(=C\c3ccc(OC)cc3OC)NC(=O)c3ccccc3)c2)cc1. The van der Waals surface area contributed by atoms with Crippen molar-refractivity contribution in [3.05, 3.63) is 119 Å². The molecule has 0 heterocycles. The molecule has 3 amide bonds. The largest absolute Gasteiger partial charge is 0.497 e. The first kappa shape index (κ1) is 36.3. The van der Waals surface area contributed by atoms with E-state index in [0.717, 1.165) is 17.7 Å². The number of benzene rings is 4. The Morgan fingerprint density at radius 1 is 0.796 bits per heavy atom. The second-order valence-electron chi connectivity index (χ2n) is 10.8. The fraction of sp³-hybridized carbons (Fsp3) is 0.211. The Labute approximate surface area is 290 Å². The fourth-order valence-corrected chi connectivity index (χ4v) is 5.39. The summed E-state index contributed by atoms with van der Waals surface area (Å²) in [6, 6.07) is 27.3. The lowest BCUT2D eigenvalue weighted by molar-refractivity contribution is -0.115. The summed E-state index contributed by atoms with van der Waals surface area (Å²) in [4.78, 5) is 52.6. The van der Waals surface area contributed by atoms with Crippen LogP contribution in [0.25, 0.3) is 6.08 Å². The number of hydrogen-bond donors (Lipinski definition) is 3. The van der Waals surface area contributed by atoms with Crippen LogP contribution in [0.2, 0.25) is 0 Å². The van der Waals surface area contributed by atoms with E-state index in [9.17, 15) is 19.2 Å². The third-order valence-electron chi connectivity index (χ3n) is 7.16. The number of rotatable bonds is 15. The van der Waals surface area contributed by atoms with Gasteiger partial charge in [-0.05, 0) is 86.2 Å². The molecule has 1 unspecified atom stereocenters. The molecule has 0 aliphatic carbocycles. The van der Waals surface area contributed by atoms with E-state index in [1.54, 1.807) is 97.9 Å². The van der Waals surface area contributed by atoms with Crippen molar-refractivity contribution in [2.75, 3.05) is 31.5 Å². The molecule has 4 rings (SSSR count). The van der Waals surface area contributed by atoms with Crippen molar-refractivity contribution in [2.24, 2.45) is 0 Å². The van der Waals surface area contributed by atoms with E-state index < -0.39 is 23.0 Å². The molecule has 0 saturated carbocycles. The van der Waals surface area contributed by atoms with E-state index in [2.05, 4.69) is 16.0 Å². The summed E-state index contributed by atoms with van der Waals surface area (Å²) in [5, 5.41) is 7.95. The van der Waals surface area contributed by atoms with Gasteiger partial charge in [0.2, 0.25) is 5.91 Å². The van der Waals surface area contributed by atoms with Crippen LogP contribution in [0.3, 0.4) is 0 Å². The van der Waals surface area contributed by atoms with Crippen molar-refractivity contribution >= 4 is 52.9 Å². The van der Waals surface area contributed by atoms with E-state index >= 15 is 0 Å². The number of ether oxygens (including phenoxy) is 3. The van der Waals surface area contributed by atoms with E-state index in [1.165, 1.54) is 32.1 Å². The lowest BCUT2D eigenvalue weighted by Crippen LogP contribution is -2.30. The van der Waals surface area contributed by atoms with E-state index in [4.69, 9.17) is 14.2 Å². The van der Waals surface area contributed by atoms with Crippen LogP contribution in [-0.4, -0.2) is 49.8 Å². The Morgan fingerprint density at radius 3 is 2.24 bits per heavy atom. The number of carbonyl (C=O) groups excluding carboxylic acids is 4. The Morgan fingerprint density at radius 2 is 1.55 bits per heavy atom. The molecule has 4 aromatic carbocycles. The van der Waals surface area contributed by atoms with Crippen molar-refractivity contribution in [1.82, 2.24) is 5.32 Å². The topological polar surface area (TPSA) is 132 Å². The van der Waals surface area contributed by atoms with Crippen molar-refractivity contribution in [2.45, 2.75) is 36.8 Å². The van der Waals surface area contributed by atoms with Gasteiger partial charge in [0.05, 0.1) is 31.6 Å². The zero-order valence-corrected chi connectivity index (χ0v) is 28.6. The van der Waals surface area contributed by atoms with Gasteiger partial charge in [0.25, 0.3) is 11.8 Å². The molecule has 0 aliphatic rings. The molecule has 4 aromatic rings. The third kappa shape index (κ3) is 10.7. The maximum atomic E-state index is 13.6. The van der Waals surface area contributed by atoms with E-state index in [-0.39, 0.29) is 11.6 Å². The molecular formula is C38H39N3O7S. The lowest BCUT2D eigenvalue weighted by atomic mass is 10.1. The quantitative estimate of drug-likeness (QED) is 0.0520. The van der Waals surface area contributed by atoms with Crippen LogP contribution in [0, 0.1) is 0 Å². The molecule has 49 heavy (non-hydrogen) atoms. The van der Waals surface area contributed by atoms with Crippen molar-refractivity contribution < 1.29 is 33.4 Å². The number of hydrogen-bond acceptors (Lipinski definition) is 8. The number of unbranched alkanes of at least 4 members (excludes halogenated alkanes) is 1. The molecule has 0 bridgehead atoms. The molecule has 0 aliphatic heterocycles. The summed E-state index contributed by atoms with van der Waals surface area (Å²) in [5.41, 5.74) is 2.35. The molecule has 0 aromatic heterocycles. The van der Waals surface area contributed by atoms with Gasteiger partial charge in [-0.15, -0.1) is 11.8 Å². The predicted molar refractivity (Wildman–Crippen MR) is 192 cm³/mol. The highest BCUT2D eigenvalue weighted by Crippen LogP contribution is 2.29. The number of nitrogens with one attached hydrogen (secondary N) is 3. The van der Waals surface area contributed by atoms with Crippen LogP contribution < -0.4 is 25.4 Å². The number of carbonyl (C=O) groups is 4. The number of anilines is 2. The predicted octanol–water partition coefficient (Wildman–Crippen LogP) is 7.19. The molecule has 3 N–H and O–H groups in total. The average molecular weight is 682 g/mol. The van der Waals surface area contributed by atoms with Gasteiger partial charge in [-0.1, -0.05) is 37.6 Å². The summed E-state index contributed by atoms with van der Waals surface area (Å²) >= 11 is 1.31. The second kappa shape index (κ2) is 18.1. The monoisotopic (exact) mass is 681 g/mol. The van der Waals surface area contributed by atoms with Crippen LogP contribution in [0.1, 0.15) is 53.0 Å². The Bertz CT molecular complexity index is 1790. The first-order valence-corrected chi connectivity index (χ1v) is 16.5. The zero-order valence-electron chi connectivity index (χ0n) is 27.8. The third-order valence-corrected chi connectivity index (χ3v) is 8.26. The maximum absolute atomic E-state index is 13.6. The molecular weight excluding hydrogens is 642 g/mol. The Balaban J connectivity index is 1.45. The maximum Gasteiger partial charge on any atom is 0.338 e. The Kier molecular flexibility index (Phi) is 13.4. The van der Waals surface area contributed by atoms with Crippen LogP contribution in [0.4, 0.5) is 11.4 Å². The van der Waals surface area contributed by atoms with Crippen molar-refractivity contribution in [3.8, 4) is 11.5 Å². The summed E-state index contributed by atoms with van der Waals surface area (Å²) in [6.45, 7) is 4.16. The first-order valence-electron chi connectivity index (χ1n) is 15.7. The van der Waals surface area contributed by atoms with Crippen LogP contribution in [-0.2, 0) is 14.3 Å². The highest BCUT2D eigenvalue weighted by Gasteiger charge is 2.19. The van der Waals surface area contributed by atoms with E-state index in [1.807, 2.05) is 13.0 Å². The molecule has 0 saturated heterocycles. The fourth-order valence-electron chi connectivity index (χ4n) is 4.46. The second-order valence-corrected chi connectivity index (χ2v) is 12.2. The smallest absolute Gasteiger partial charge is 0.338 e. The molecule has 254 valence electrons. The van der Waals surface area contributed by atoms with Crippen molar-refractivity contribution in [1.29, 1.82) is 0 Å². The zero-order chi connectivity index (χ0) is 35.2. The average Bonchev–Trinajstić information content (AvgIpc) is 3.12. The molecule has 1 atom stereocenters. The minimum absolute atomic E-state index is 0.0108. The summed E-state index contributed by atoms with van der Waals surface area (Å²) in [5.74, 6) is -0.634. The molecule has 11 heteroatoms. The lowest BCUT2D eigenvalue weighted by Gasteiger charge is -2.15. The van der Waals surface area contributed by atoms with Crippen LogP contribution in [0.15, 0.2) is 108 Å². The molecule has 10 nitrogen and oxygen atoms in total. The number of esters is 1. The van der Waals surface area contributed by atoms with Gasteiger partial charge in [0.15, 0.2) is 0 Å². The minimum Gasteiger partial charge on any atom is -0.497 e. The summed E-state index contributed by atoms with van der Waals surface area (Å²) in [7, 11) is 3.04. The van der Waals surface area contributed by atoms with Gasteiger partial charge < -0.3 is 30.2 Å². The molecule has 0 fully saturated rings. The van der Waals surface area contributed by atoms with Crippen LogP contribution >= 0.6 is 11.8 Å². The number of amides is 3. The van der Waals surface area contributed by atoms with Gasteiger partial charge in [-0.25, -0.2) is 4.79 Å². The number of methoxy groups -OCH3 is 2. The summed E-state index contributed by atoms with van der Waals surface area (Å²) < 4.78 is 16.0. The van der Waals surface area contributed by atoms with Gasteiger partial charge in [0.1, 0.15) is 17.2 Å². The highest BCUT2D eigenvalue weighted by molar-refractivity contribution is 8.00. The van der Waals surface area contributed by atoms with Gasteiger partial charge in [-0.3, -0.25) is 14.4 Å². The van der Waals surface area contributed by atoms with Gasteiger partial charge >= 0.3 is 5.97 Å². The van der Waals surface area contributed by atoms with Gasteiger partial charge in [0, 0.05) is 33.5 Å². The van der Waals surface area contributed by atoms with E-state index in [0.29, 0.717) is 46.2 Å². The molecule has 0 radical (unpaired) electrons. The van der Waals surface area contributed by atoms with Crippen molar-refractivity contribution in [3.63, 3.8) is 0 Å². The van der Waals surface area contributed by atoms with Crippen LogP contribution in [0.5, 0.6) is 11.5 Å². The first-order chi connectivity index (χ1) is 23.7. The van der Waals surface area contributed by atoms with Gasteiger partial charge in [-0.2, -0.15) is 0 Å². The normalized spacial score (nSPS) is 11.6. The summed E-state index contributed by atoms with van der Waals surface area (Å²) in [6.07, 6.45) is 3.26. The molecule has 0 spiro atoms. The highest BCUT2D eigenvalue weighted by atomic mass is 32.2. The minimum atomic E-state index is -0.562. The number of thioether (sulfide) groups is 1.